The Hall–Kier alpha value is -2.79. The van der Waals surface area contributed by atoms with Gasteiger partial charge in [-0.1, -0.05) is 6.07 Å². The van der Waals surface area contributed by atoms with Crippen LogP contribution in [0.1, 0.15) is 22.3 Å². The lowest BCUT2D eigenvalue weighted by Gasteiger charge is -2.18. The lowest BCUT2D eigenvalue weighted by molar-refractivity contribution is 0.330. The van der Waals surface area contributed by atoms with Crippen molar-refractivity contribution in [1.29, 1.82) is 0 Å². The Morgan fingerprint density at radius 3 is 2.39 bits per heavy atom. The van der Waals surface area contributed by atoms with Gasteiger partial charge in [0.1, 0.15) is 5.58 Å². The van der Waals surface area contributed by atoms with Gasteiger partial charge in [-0.05, 0) is 73.8 Å². The zero-order chi connectivity index (χ0) is 20.3. The number of hydrogen-bond acceptors (Lipinski definition) is 5. The van der Waals surface area contributed by atoms with Crippen LogP contribution in [0.5, 0.6) is 11.5 Å². The molecule has 148 valence electrons. The van der Waals surface area contributed by atoms with Crippen molar-refractivity contribution in [2.45, 2.75) is 26.8 Å². The predicted octanol–water partition coefficient (Wildman–Crippen LogP) is 4.10. The van der Waals surface area contributed by atoms with Crippen LogP contribution in [0, 0.1) is 13.8 Å². The average molecular weight is 381 g/mol. The van der Waals surface area contributed by atoms with Gasteiger partial charge in [-0.2, -0.15) is 0 Å². The maximum Gasteiger partial charge on any atom is 0.336 e. The number of rotatable bonds is 7. The summed E-state index contributed by atoms with van der Waals surface area (Å²) in [6, 6.07) is 11.6. The summed E-state index contributed by atoms with van der Waals surface area (Å²) in [6.07, 6.45) is 0.869. The fourth-order valence-corrected chi connectivity index (χ4v) is 3.34. The Kier molecular flexibility index (Phi) is 6.05. The molecule has 0 fully saturated rings. The Bertz CT molecular complexity index is 1040. The maximum atomic E-state index is 12.0. The third-order valence-corrected chi connectivity index (χ3v) is 5.11. The first-order valence-electron chi connectivity index (χ1n) is 9.34. The van der Waals surface area contributed by atoms with Gasteiger partial charge in [-0.25, -0.2) is 4.79 Å². The van der Waals surface area contributed by atoms with Gasteiger partial charge in [0.25, 0.3) is 0 Å². The lowest BCUT2D eigenvalue weighted by Crippen LogP contribution is -2.21. The smallest absolute Gasteiger partial charge is 0.336 e. The van der Waals surface area contributed by atoms with E-state index in [-0.39, 0.29) is 5.63 Å². The van der Waals surface area contributed by atoms with Crippen LogP contribution in [0.3, 0.4) is 0 Å². The van der Waals surface area contributed by atoms with E-state index in [1.807, 2.05) is 31.2 Å². The number of aryl methyl sites for hydroxylation is 2. The Morgan fingerprint density at radius 1 is 0.964 bits per heavy atom. The third kappa shape index (κ3) is 4.37. The minimum atomic E-state index is -0.306. The second kappa shape index (κ2) is 8.48. The quantitative estimate of drug-likeness (QED) is 0.577. The summed E-state index contributed by atoms with van der Waals surface area (Å²) < 4.78 is 16.1. The van der Waals surface area contributed by atoms with Crippen molar-refractivity contribution in [3.63, 3.8) is 0 Å². The highest BCUT2D eigenvalue weighted by molar-refractivity contribution is 5.81. The van der Waals surface area contributed by atoms with Gasteiger partial charge in [-0.15, -0.1) is 0 Å². The van der Waals surface area contributed by atoms with Crippen molar-refractivity contribution in [3.05, 3.63) is 69.1 Å². The van der Waals surface area contributed by atoms with Gasteiger partial charge in [0, 0.05) is 24.5 Å². The molecule has 28 heavy (non-hydrogen) atoms. The molecule has 0 aliphatic carbocycles. The highest BCUT2D eigenvalue weighted by Gasteiger charge is 2.11. The maximum absolute atomic E-state index is 12.0. The number of hydrogen-bond donors (Lipinski definition) is 0. The zero-order valence-corrected chi connectivity index (χ0v) is 17.2. The van der Waals surface area contributed by atoms with E-state index in [9.17, 15) is 4.79 Å². The van der Waals surface area contributed by atoms with E-state index < -0.39 is 0 Å². The number of methoxy groups -OCH3 is 2. The predicted molar refractivity (Wildman–Crippen MR) is 112 cm³/mol. The molecule has 3 rings (SSSR count). The summed E-state index contributed by atoms with van der Waals surface area (Å²) in [5.41, 5.74) is 4.82. The van der Waals surface area contributed by atoms with Crippen LogP contribution in [0.2, 0.25) is 0 Å². The van der Waals surface area contributed by atoms with E-state index in [1.165, 1.54) is 11.1 Å². The second-order valence-corrected chi connectivity index (χ2v) is 7.20. The fraction of sp³-hybridized carbons (Fsp3) is 0.348. The van der Waals surface area contributed by atoms with Gasteiger partial charge in [0.2, 0.25) is 0 Å². The van der Waals surface area contributed by atoms with Crippen LogP contribution < -0.4 is 15.1 Å². The highest BCUT2D eigenvalue weighted by atomic mass is 16.5. The summed E-state index contributed by atoms with van der Waals surface area (Å²) >= 11 is 0. The summed E-state index contributed by atoms with van der Waals surface area (Å²) in [4.78, 5) is 14.2. The summed E-state index contributed by atoms with van der Waals surface area (Å²) in [7, 11) is 5.33. The molecule has 1 aromatic heterocycles. The molecule has 0 aliphatic heterocycles. The van der Waals surface area contributed by atoms with E-state index >= 15 is 0 Å². The number of likely N-dealkylation sites (N-methyl/N-ethyl adjacent to an activating group) is 1. The third-order valence-electron chi connectivity index (χ3n) is 5.11. The SMILES string of the molecule is COc1ccc(CCN(C)Cc2cc(=O)oc3cc(C)c(C)cc23)cc1OC. The van der Waals surface area contributed by atoms with Gasteiger partial charge in [-0.3, -0.25) is 0 Å². The first kappa shape index (κ1) is 20.0. The summed E-state index contributed by atoms with van der Waals surface area (Å²) in [6.45, 7) is 5.63. The molecule has 3 aromatic rings. The van der Waals surface area contributed by atoms with Crippen LogP contribution in [0.4, 0.5) is 0 Å². The fourth-order valence-electron chi connectivity index (χ4n) is 3.34. The van der Waals surface area contributed by atoms with Crippen molar-refractivity contribution in [2.75, 3.05) is 27.8 Å². The molecule has 5 heteroatoms. The van der Waals surface area contributed by atoms with Crippen LogP contribution in [0.15, 0.2) is 45.6 Å². The molecule has 0 unspecified atom stereocenters. The summed E-state index contributed by atoms with van der Waals surface area (Å²) in [5.74, 6) is 1.47. The minimum Gasteiger partial charge on any atom is -0.493 e. The molecule has 0 saturated heterocycles. The van der Waals surface area contributed by atoms with E-state index in [4.69, 9.17) is 13.9 Å². The van der Waals surface area contributed by atoms with E-state index in [0.717, 1.165) is 41.0 Å². The average Bonchev–Trinajstić information content (AvgIpc) is 2.67. The Labute approximate surface area is 165 Å². The van der Waals surface area contributed by atoms with Gasteiger partial charge < -0.3 is 18.8 Å². The molecule has 0 spiro atoms. The van der Waals surface area contributed by atoms with Crippen LogP contribution in [0.25, 0.3) is 11.0 Å². The van der Waals surface area contributed by atoms with Gasteiger partial charge in [0.15, 0.2) is 11.5 Å². The molecule has 0 saturated carbocycles. The van der Waals surface area contributed by atoms with E-state index in [1.54, 1.807) is 20.3 Å². The molecule has 0 bridgehead atoms. The van der Waals surface area contributed by atoms with Crippen molar-refractivity contribution < 1.29 is 13.9 Å². The normalized spacial score (nSPS) is 11.2. The van der Waals surface area contributed by atoms with Crippen molar-refractivity contribution in [2.24, 2.45) is 0 Å². The lowest BCUT2D eigenvalue weighted by atomic mass is 10.0. The standard InChI is InChI=1S/C23H27NO4/c1-15-10-19-18(13-23(25)28-21(19)11-16(15)2)14-24(3)9-8-17-6-7-20(26-4)22(12-17)27-5/h6-7,10-13H,8-9,14H2,1-5H3. The molecule has 2 aromatic carbocycles. The molecular formula is C23H27NO4. The number of benzene rings is 2. The second-order valence-electron chi connectivity index (χ2n) is 7.20. The molecule has 1 heterocycles. The highest BCUT2D eigenvalue weighted by Crippen LogP contribution is 2.28. The van der Waals surface area contributed by atoms with Crippen LogP contribution >= 0.6 is 0 Å². The number of fused-ring (bicyclic) bond motifs is 1. The largest absolute Gasteiger partial charge is 0.493 e. The van der Waals surface area contributed by atoms with Crippen molar-refractivity contribution in [3.8, 4) is 11.5 Å². The van der Waals surface area contributed by atoms with Crippen LogP contribution in [-0.4, -0.2) is 32.7 Å². The van der Waals surface area contributed by atoms with E-state index in [0.29, 0.717) is 12.1 Å². The Morgan fingerprint density at radius 2 is 1.68 bits per heavy atom. The van der Waals surface area contributed by atoms with Gasteiger partial charge >= 0.3 is 5.63 Å². The van der Waals surface area contributed by atoms with E-state index in [2.05, 4.69) is 24.9 Å². The molecule has 0 amide bonds. The Balaban J connectivity index is 1.76. The topological polar surface area (TPSA) is 51.9 Å². The van der Waals surface area contributed by atoms with Crippen molar-refractivity contribution >= 4 is 11.0 Å². The van der Waals surface area contributed by atoms with Crippen molar-refractivity contribution in [1.82, 2.24) is 4.90 Å². The first-order valence-corrected chi connectivity index (χ1v) is 9.34. The molecule has 0 radical (unpaired) electrons. The minimum absolute atomic E-state index is 0.306. The summed E-state index contributed by atoms with van der Waals surface area (Å²) in [5, 5.41) is 1.00. The first-order chi connectivity index (χ1) is 13.4. The molecule has 0 aliphatic rings. The molecule has 0 N–H and O–H groups in total. The number of nitrogens with zero attached hydrogens (tertiary/aromatic N) is 1. The molecular weight excluding hydrogens is 354 g/mol. The monoisotopic (exact) mass is 381 g/mol. The van der Waals surface area contributed by atoms with Crippen LogP contribution in [-0.2, 0) is 13.0 Å². The van der Waals surface area contributed by atoms with Gasteiger partial charge in [0.05, 0.1) is 14.2 Å². The number of ether oxygens (including phenoxy) is 2. The zero-order valence-electron chi connectivity index (χ0n) is 17.2. The molecule has 0 atom stereocenters. The molecule has 5 nitrogen and oxygen atoms in total.